The number of nitrogens with one attached hydrogen (secondary N) is 2. The average Bonchev–Trinajstić information content (AvgIpc) is 2.96. The SMILES string of the molecule is O=C(NCCCn1cccn1)C1CCCN1. The Morgan fingerprint density at radius 2 is 2.56 bits per heavy atom. The lowest BCUT2D eigenvalue weighted by Gasteiger charge is -2.10. The van der Waals surface area contributed by atoms with E-state index in [1.54, 1.807) is 6.20 Å². The molecule has 1 aliphatic rings. The lowest BCUT2D eigenvalue weighted by atomic mass is 10.2. The van der Waals surface area contributed by atoms with Gasteiger partial charge in [0.2, 0.25) is 5.91 Å². The van der Waals surface area contributed by atoms with Crippen LogP contribution >= 0.6 is 0 Å². The smallest absolute Gasteiger partial charge is 0.237 e. The van der Waals surface area contributed by atoms with Gasteiger partial charge in [0.25, 0.3) is 0 Å². The molecule has 1 fully saturated rings. The molecule has 1 amide bonds. The van der Waals surface area contributed by atoms with Crippen molar-refractivity contribution in [3.8, 4) is 0 Å². The van der Waals surface area contributed by atoms with E-state index >= 15 is 0 Å². The van der Waals surface area contributed by atoms with Crippen LogP contribution in [-0.2, 0) is 11.3 Å². The number of aryl methyl sites for hydroxylation is 1. The van der Waals surface area contributed by atoms with Crippen molar-refractivity contribution in [2.75, 3.05) is 13.1 Å². The molecule has 0 aliphatic carbocycles. The summed E-state index contributed by atoms with van der Waals surface area (Å²) in [5.41, 5.74) is 0. The number of hydrogen-bond donors (Lipinski definition) is 2. The molecule has 5 nitrogen and oxygen atoms in total. The Hall–Kier alpha value is -1.36. The van der Waals surface area contributed by atoms with Crippen LogP contribution in [0.15, 0.2) is 18.5 Å². The van der Waals surface area contributed by atoms with Crippen molar-refractivity contribution in [1.29, 1.82) is 0 Å². The highest BCUT2D eigenvalue weighted by Gasteiger charge is 2.20. The van der Waals surface area contributed by atoms with Gasteiger partial charge in [-0.05, 0) is 31.9 Å². The minimum absolute atomic E-state index is 0.0321. The molecular weight excluding hydrogens is 204 g/mol. The second-order valence-electron chi connectivity index (χ2n) is 4.06. The van der Waals surface area contributed by atoms with Crippen molar-refractivity contribution < 1.29 is 4.79 Å². The number of carbonyl (C=O) groups is 1. The van der Waals surface area contributed by atoms with Gasteiger partial charge < -0.3 is 10.6 Å². The van der Waals surface area contributed by atoms with Gasteiger partial charge in [0.1, 0.15) is 0 Å². The maximum Gasteiger partial charge on any atom is 0.237 e. The van der Waals surface area contributed by atoms with Crippen LogP contribution in [0, 0.1) is 0 Å². The lowest BCUT2D eigenvalue weighted by Crippen LogP contribution is -2.40. The van der Waals surface area contributed by atoms with Gasteiger partial charge in [0.15, 0.2) is 0 Å². The molecule has 1 atom stereocenters. The topological polar surface area (TPSA) is 59.0 Å². The van der Waals surface area contributed by atoms with Gasteiger partial charge in [-0.2, -0.15) is 5.10 Å². The molecule has 1 saturated heterocycles. The number of rotatable bonds is 5. The summed E-state index contributed by atoms with van der Waals surface area (Å²) in [4.78, 5) is 11.6. The normalized spacial score (nSPS) is 19.9. The van der Waals surface area contributed by atoms with Crippen LogP contribution in [0.5, 0.6) is 0 Å². The van der Waals surface area contributed by atoms with E-state index in [9.17, 15) is 4.79 Å². The molecule has 0 saturated carbocycles. The predicted molar refractivity (Wildman–Crippen MR) is 60.9 cm³/mol. The second kappa shape index (κ2) is 5.65. The molecule has 2 rings (SSSR count). The van der Waals surface area contributed by atoms with Crippen molar-refractivity contribution in [3.63, 3.8) is 0 Å². The fraction of sp³-hybridized carbons (Fsp3) is 0.636. The number of hydrogen-bond acceptors (Lipinski definition) is 3. The minimum Gasteiger partial charge on any atom is -0.355 e. The van der Waals surface area contributed by atoms with Gasteiger partial charge in [-0.15, -0.1) is 0 Å². The number of nitrogens with zero attached hydrogens (tertiary/aromatic N) is 2. The summed E-state index contributed by atoms with van der Waals surface area (Å²) in [7, 11) is 0. The van der Waals surface area contributed by atoms with Gasteiger partial charge in [-0.25, -0.2) is 0 Å². The summed E-state index contributed by atoms with van der Waals surface area (Å²) in [6.45, 7) is 2.54. The highest BCUT2D eigenvalue weighted by molar-refractivity contribution is 5.81. The third-order valence-electron chi connectivity index (χ3n) is 2.80. The largest absolute Gasteiger partial charge is 0.355 e. The molecule has 0 spiro atoms. The fourth-order valence-electron chi connectivity index (χ4n) is 1.92. The van der Waals surface area contributed by atoms with Crippen LogP contribution in [-0.4, -0.2) is 34.8 Å². The van der Waals surface area contributed by atoms with E-state index in [2.05, 4.69) is 15.7 Å². The summed E-state index contributed by atoms with van der Waals surface area (Å²) in [6.07, 6.45) is 6.68. The highest BCUT2D eigenvalue weighted by Crippen LogP contribution is 2.04. The van der Waals surface area contributed by atoms with Crippen LogP contribution in [0.2, 0.25) is 0 Å². The summed E-state index contributed by atoms with van der Waals surface area (Å²) in [5.74, 6) is 0.137. The van der Waals surface area contributed by atoms with Crippen molar-refractivity contribution in [2.45, 2.75) is 31.8 Å². The van der Waals surface area contributed by atoms with Crippen LogP contribution in [0.4, 0.5) is 0 Å². The van der Waals surface area contributed by atoms with E-state index in [0.29, 0.717) is 0 Å². The molecule has 16 heavy (non-hydrogen) atoms. The first kappa shape index (κ1) is 11.1. The molecule has 1 aromatic heterocycles. The van der Waals surface area contributed by atoms with E-state index in [4.69, 9.17) is 0 Å². The highest BCUT2D eigenvalue weighted by atomic mass is 16.2. The van der Waals surface area contributed by atoms with Crippen LogP contribution in [0.1, 0.15) is 19.3 Å². The van der Waals surface area contributed by atoms with Crippen molar-refractivity contribution in [2.24, 2.45) is 0 Å². The lowest BCUT2D eigenvalue weighted by molar-refractivity contribution is -0.122. The van der Waals surface area contributed by atoms with Gasteiger partial charge >= 0.3 is 0 Å². The Labute approximate surface area is 95.2 Å². The molecular formula is C11H18N4O. The van der Waals surface area contributed by atoms with Gasteiger partial charge in [0, 0.05) is 25.5 Å². The van der Waals surface area contributed by atoms with Crippen LogP contribution in [0.3, 0.4) is 0 Å². The van der Waals surface area contributed by atoms with Crippen molar-refractivity contribution >= 4 is 5.91 Å². The molecule has 2 heterocycles. The molecule has 0 aromatic carbocycles. The molecule has 1 aliphatic heterocycles. The first-order chi connectivity index (χ1) is 7.86. The Balaban J connectivity index is 1.59. The number of aromatic nitrogens is 2. The van der Waals surface area contributed by atoms with Crippen molar-refractivity contribution in [3.05, 3.63) is 18.5 Å². The maximum absolute atomic E-state index is 11.6. The van der Waals surface area contributed by atoms with E-state index < -0.39 is 0 Å². The second-order valence-corrected chi connectivity index (χ2v) is 4.06. The standard InChI is InChI=1S/C11H18N4O/c16-11(10-4-1-5-12-10)13-6-2-8-15-9-3-7-14-15/h3,7,9-10,12H,1-2,4-6,8H2,(H,13,16). The zero-order valence-corrected chi connectivity index (χ0v) is 9.35. The molecule has 1 unspecified atom stereocenters. The predicted octanol–water partition coefficient (Wildman–Crippen LogP) is 0.141. The fourth-order valence-corrected chi connectivity index (χ4v) is 1.92. The first-order valence-corrected chi connectivity index (χ1v) is 5.85. The third-order valence-corrected chi connectivity index (χ3v) is 2.80. The summed E-state index contributed by atoms with van der Waals surface area (Å²) < 4.78 is 1.87. The molecule has 2 N–H and O–H groups in total. The minimum atomic E-state index is 0.0321. The summed E-state index contributed by atoms with van der Waals surface area (Å²) >= 11 is 0. The zero-order valence-electron chi connectivity index (χ0n) is 9.35. The Morgan fingerprint density at radius 3 is 3.25 bits per heavy atom. The zero-order chi connectivity index (χ0) is 11.2. The number of amides is 1. The van der Waals surface area contributed by atoms with E-state index in [0.717, 1.165) is 38.9 Å². The van der Waals surface area contributed by atoms with Gasteiger partial charge in [-0.1, -0.05) is 0 Å². The Morgan fingerprint density at radius 1 is 1.62 bits per heavy atom. The summed E-state index contributed by atoms with van der Waals surface area (Å²) in [6, 6.07) is 1.94. The Kier molecular flexibility index (Phi) is 3.93. The monoisotopic (exact) mass is 222 g/mol. The molecule has 0 bridgehead atoms. The molecule has 0 radical (unpaired) electrons. The first-order valence-electron chi connectivity index (χ1n) is 5.85. The van der Waals surface area contributed by atoms with Crippen molar-refractivity contribution in [1.82, 2.24) is 20.4 Å². The molecule has 88 valence electrons. The average molecular weight is 222 g/mol. The third kappa shape index (κ3) is 3.06. The van der Waals surface area contributed by atoms with E-state index in [1.165, 1.54) is 0 Å². The van der Waals surface area contributed by atoms with Gasteiger partial charge in [0.05, 0.1) is 6.04 Å². The quantitative estimate of drug-likeness (QED) is 0.697. The summed E-state index contributed by atoms with van der Waals surface area (Å²) in [5, 5.41) is 10.2. The maximum atomic E-state index is 11.6. The van der Waals surface area contributed by atoms with E-state index in [-0.39, 0.29) is 11.9 Å². The van der Waals surface area contributed by atoms with Crippen LogP contribution in [0.25, 0.3) is 0 Å². The Bertz CT molecular complexity index is 317. The number of carbonyl (C=O) groups excluding carboxylic acids is 1. The van der Waals surface area contributed by atoms with E-state index in [1.807, 2.05) is 16.9 Å². The van der Waals surface area contributed by atoms with Crippen LogP contribution < -0.4 is 10.6 Å². The van der Waals surface area contributed by atoms with Gasteiger partial charge in [-0.3, -0.25) is 9.48 Å². The molecule has 1 aromatic rings. The molecule has 5 heteroatoms.